The van der Waals surface area contributed by atoms with Gasteiger partial charge in [0.1, 0.15) is 0 Å². The van der Waals surface area contributed by atoms with E-state index in [1.165, 1.54) is 0 Å². The van der Waals surface area contributed by atoms with E-state index in [1.54, 1.807) is 0 Å². The second kappa shape index (κ2) is 4.63. The van der Waals surface area contributed by atoms with Crippen LogP contribution in [-0.4, -0.2) is 11.2 Å². The Labute approximate surface area is 141 Å². The monoisotopic (exact) mass is 348 g/mol. The number of hydrogen-bond acceptors (Lipinski definition) is 5. The van der Waals surface area contributed by atoms with E-state index in [2.05, 4.69) is 0 Å². The molecule has 2 heterocycles. The first-order chi connectivity index (χ1) is 11.2. The quantitative estimate of drug-likeness (QED) is 0.692. The molecule has 6 heteroatoms. The minimum absolute atomic E-state index is 0.555. The maximum atomic E-state index is 6.33. The normalized spacial score (nSPS) is 25.8. The summed E-state index contributed by atoms with van der Waals surface area (Å²) in [5.74, 6) is 1.68. The van der Waals surface area contributed by atoms with Gasteiger partial charge in [0, 0.05) is 0 Å². The fraction of sp³-hybridized carbons (Fsp3) is 0.333. The Hall–Kier alpha value is -1.81. The van der Waals surface area contributed by atoms with Crippen LogP contribution >= 0.6 is 7.74 Å². The molecule has 0 atom stereocenters. The van der Waals surface area contributed by atoms with Crippen LogP contribution in [0.3, 0.4) is 0 Å². The molecule has 1 fully saturated rings. The zero-order chi connectivity index (χ0) is 17.1. The molecular formula is C18H21O5P. The average Bonchev–Trinajstić information content (AvgIpc) is 2.87. The summed E-state index contributed by atoms with van der Waals surface area (Å²) < 4.78 is 31.2. The summed E-state index contributed by atoms with van der Waals surface area (Å²) in [6.45, 7) is 7.77. The molecule has 2 aromatic carbocycles. The molecule has 0 N–H and O–H groups in total. The summed E-state index contributed by atoms with van der Waals surface area (Å²) in [5.41, 5.74) is -1.33. The van der Waals surface area contributed by atoms with Gasteiger partial charge in [-0.2, -0.15) is 0 Å². The van der Waals surface area contributed by atoms with E-state index in [0.717, 1.165) is 0 Å². The molecule has 2 aliphatic heterocycles. The average molecular weight is 348 g/mol. The molecule has 24 heavy (non-hydrogen) atoms. The van der Waals surface area contributed by atoms with Gasteiger partial charge in [0.2, 0.25) is 0 Å². The van der Waals surface area contributed by atoms with Crippen molar-refractivity contribution in [2.75, 3.05) is 0 Å². The number of rotatable bonds is 2. The van der Waals surface area contributed by atoms with Gasteiger partial charge in [-0.1, -0.05) is 0 Å². The molecule has 4 rings (SSSR count). The van der Waals surface area contributed by atoms with Crippen molar-refractivity contribution in [2.45, 2.75) is 38.9 Å². The molecule has 1 saturated heterocycles. The molecule has 0 amide bonds. The number of para-hydroxylation sites is 3. The van der Waals surface area contributed by atoms with Crippen molar-refractivity contribution in [3.63, 3.8) is 0 Å². The molecule has 0 unspecified atom stereocenters. The fourth-order valence-corrected chi connectivity index (χ4v) is 6.44. The Bertz CT molecular complexity index is 742. The molecule has 0 bridgehead atoms. The van der Waals surface area contributed by atoms with Crippen LogP contribution in [0.1, 0.15) is 27.7 Å². The zero-order valence-electron chi connectivity index (χ0n) is 14.2. The number of fused-ring (bicyclic) bond motifs is 1. The summed E-state index contributed by atoms with van der Waals surface area (Å²) in [6, 6.07) is 16.7. The summed E-state index contributed by atoms with van der Waals surface area (Å²) in [4.78, 5) is 0. The van der Waals surface area contributed by atoms with Crippen LogP contribution in [0.2, 0.25) is 0 Å². The summed E-state index contributed by atoms with van der Waals surface area (Å²) in [7, 11) is -4.33. The number of benzene rings is 2. The van der Waals surface area contributed by atoms with Gasteiger partial charge < -0.3 is 0 Å². The van der Waals surface area contributed by atoms with E-state index in [-0.39, 0.29) is 0 Å². The van der Waals surface area contributed by atoms with Crippen LogP contribution in [0, 0.1) is 0 Å². The molecular weight excluding hydrogens is 327 g/mol. The van der Waals surface area contributed by atoms with Crippen LogP contribution in [0.4, 0.5) is 0 Å². The Morgan fingerprint density at radius 3 is 1.67 bits per heavy atom. The molecule has 0 aromatic heterocycles. The predicted octanol–water partition coefficient (Wildman–Crippen LogP) is 5.27. The van der Waals surface area contributed by atoms with Gasteiger partial charge in [-0.15, -0.1) is 0 Å². The van der Waals surface area contributed by atoms with Crippen LogP contribution < -0.4 is 13.6 Å². The van der Waals surface area contributed by atoms with Gasteiger partial charge in [-0.25, -0.2) is 0 Å². The SMILES string of the molecule is CC1(C)OP2(Oc3ccccc3)(Oc3ccccc3O2)OC1(C)C. The molecule has 0 radical (unpaired) electrons. The molecule has 128 valence electrons. The second-order valence-corrected chi connectivity index (χ2v) is 9.39. The van der Waals surface area contributed by atoms with Crippen molar-refractivity contribution in [1.29, 1.82) is 0 Å². The number of hydrogen-bond donors (Lipinski definition) is 0. The molecule has 1 spiro atoms. The van der Waals surface area contributed by atoms with Gasteiger partial charge in [0.15, 0.2) is 0 Å². The van der Waals surface area contributed by atoms with Crippen molar-refractivity contribution in [2.24, 2.45) is 0 Å². The van der Waals surface area contributed by atoms with Crippen molar-refractivity contribution < 1.29 is 22.6 Å². The van der Waals surface area contributed by atoms with E-state index in [4.69, 9.17) is 22.6 Å². The third-order valence-corrected chi connectivity index (χ3v) is 7.55. The Kier molecular flexibility index (Phi) is 3.03. The molecule has 0 saturated carbocycles. The van der Waals surface area contributed by atoms with Crippen molar-refractivity contribution >= 4 is 7.74 Å². The van der Waals surface area contributed by atoms with Crippen molar-refractivity contribution in [3.05, 3.63) is 54.6 Å². The van der Waals surface area contributed by atoms with E-state index in [0.29, 0.717) is 17.2 Å². The topological polar surface area (TPSA) is 46.2 Å². The van der Waals surface area contributed by atoms with E-state index in [9.17, 15) is 0 Å². The van der Waals surface area contributed by atoms with Crippen LogP contribution in [0.25, 0.3) is 0 Å². The van der Waals surface area contributed by atoms with Gasteiger partial charge in [0.25, 0.3) is 0 Å². The van der Waals surface area contributed by atoms with Crippen LogP contribution in [0.5, 0.6) is 17.2 Å². The molecule has 2 aromatic rings. The predicted molar refractivity (Wildman–Crippen MR) is 92.0 cm³/mol. The minimum atomic E-state index is -4.33. The van der Waals surface area contributed by atoms with E-state index in [1.807, 2.05) is 82.3 Å². The van der Waals surface area contributed by atoms with E-state index >= 15 is 0 Å². The van der Waals surface area contributed by atoms with Crippen LogP contribution in [0.15, 0.2) is 54.6 Å². The maximum absolute atomic E-state index is 6.33. The Morgan fingerprint density at radius 1 is 0.708 bits per heavy atom. The van der Waals surface area contributed by atoms with E-state index < -0.39 is 18.9 Å². The summed E-state index contributed by atoms with van der Waals surface area (Å²) in [5, 5.41) is 0. The first kappa shape index (κ1) is 15.7. The van der Waals surface area contributed by atoms with Crippen LogP contribution in [-0.2, 0) is 9.05 Å². The van der Waals surface area contributed by atoms with Crippen molar-refractivity contribution in [3.8, 4) is 17.2 Å². The molecule has 0 aliphatic carbocycles. The third-order valence-electron chi connectivity index (χ3n) is 4.55. The van der Waals surface area contributed by atoms with Crippen molar-refractivity contribution in [1.82, 2.24) is 0 Å². The second-order valence-electron chi connectivity index (χ2n) is 6.98. The summed E-state index contributed by atoms with van der Waals surface area (Å²) >= 11 is 0. The van der Waals surface area contributed by atoms with Gasteiger partial charge >= 0.3 is 141 Å². The van der Waals surface area contributed by atoms with Gasteiger partial charge in [-0.05, 0) is 0 Å². The Balaban J connectivity index is 1.84. The van der Waals surface area contributed by atoms with Gasteiger partial charge in [0.05, 0.1) is 0 Å². The van der Waals surface area contributed by atoms with Gasteiger partial charge in [-0.3, -0.25) is 0 Å². The zero-order valence-corrected chi connectivity index (χ0v) is 15.1. The summed E-state index contributed by atoms with van der Waals surface area (Å²) in [6.07, 6.45) is 0. The first-order valence-corrected chi connectivity index (χ1v) is 9.75. The molecule has 5 nitrogen and oxygen atoms in total. The fourth-order valence-electron chi connectivity index (χ4n) is 2.73. The standard InChI is InChI=1S/C18H21O5P/c1-17(2)18(3,4)23-24(22-17,19-14-10-6-5-7-11-14)20-15-12-8-9-13-16(15)21-24/h5-13H,1-4H3. The molecule has 2 aliphatic rings. The third kappa shape index (κ3) is 2.20. The first-order valence-electron chi connectivity index (χ1n) is 7.92. The Morgan fingerprint density at radius 2 is 1.17 bits per heavy atom.